The first kappa shape index (κ1) is 17.7. The van der Waals surface area contributed by atoms with Gasteiger partial charge in [0.2, 0.25) is 0 Å². The molecule has 0 atom stereocenters. The summed E-state index contributed by atoms with van der Waals surface area (Å²) in [7, 11) is 0. The average molecular weight is 359 g/mol. The maximum atomic E-state index is 12.7. The third-order valence-electron chi connectivity index (χ3n) is 4.65. The lowest BCUT2D eigenvalue weighted by atomic mass is 10.1. The molecule has 2 aliphatic rings. The summed E-state index contributed by atoms with van der Waals surface area (Å²) in [5.41, 5.74) is 4.08. The molecule has 0 spiro atoms. The van der Waals surface area contributed by atoms with E-state index in [9.17, 15) is 4.79 Å². The lowest BCUT2D eigenvalue weighted by molar-refractivity contribution is 0.0955. The molecule has 132 valence electrons. The van der Waals surface area contributed by atoms with Crippen LogP contribution in [0.1, 0.15) is 41.2 Å². The van der Waals surface area contributed by atoms with E-state index in [1.807, 2.05) is 35.0 Å². The Hall–Kier alpha value is -2.11. The van der Waals surface area contributed by atoms with E-state index in [1.165, 1.54) is 5.57 Å². The molecule has 4 rings (SSSR count). The predicted octanol–water partition coefficient (Wildman–Crippen LogP) is 2.82. The Morgan fingerprint density at radius 3 is 2.76 bits per heavy atom. The Balaban J connectivity index is 0.00000182. The monoisotopic (exact) mass is 358 g/mol. The maximum Gasteiger partial charge on any atom is 0.255 e. The molecule has 0 unspecified atom stereocenters. The van der Waals surface area contributed by atoms with Crippen molar-refractivity contribution in [3.05, 3.63) is 59.4 Å². The standard InChI is InChI=1S/C19H22N4O.ClH/c24-19(21-12-14-8-10-20-11-9-14)17-13-22-23(18(17)15-6-7-15)16-4-2-1-3-5-16;/h1-5,8,13,15,20H,6-7,9-12H2,(H,21,24);1H. The van der Waals surface area contributed by atoms with E-state index in [1.54, 1.807) is 6.20 Å². The van der Waals surface area contributed by atoms with Gasteiger partial charge in [-0.05, 0) is 37.9 Å². The van der Waals surface area contributed by atoms with Crippen LogP contribution >= 0.6 is 12.4 Å². The summed E-state index contributed by atoms with van der Waals surface area (Å²) in [6, 6.07) is 10.0. The average Bonchev–Trinajstić information content (AvgIpc) is 3.39. The number of hydrogen-bond acceptors (Lipinski definition) is 3. The van der Waals surface area contributed by atoms with Crippen LogP contribution in [0, 0.1) is 0 Å². The molecule has 1 aliphatic carbocycles. The van der Waals surface area contributed by atoms with E-state index in [2.05, 4.69) is 21.8 Å². The molecule has 1 fully saturated rings. The predicted molar refractivity (Wildman–Crippen MR) is 101 cm³/mol. The van der Waals surface area contributed by atoms with Crippen LogP contribution in [0.5, 0.6) is 0 Å². The topological polar surface area (TPSA) is 59.0 Å². The highest BCUT2D eigenvalue weighted by atomic mass is 35.5. The summed E-state index contributed by atoms with van der Waals surface area (Å²) in [6.07, 6.45) is 7.15. The van der Waals surface area contributed by atoms with Gasteiger partial charge < -0.3 is 10.6 Å². The molecule has 1 aromatic carbocycles. The van der Waals surface area contributed by atoms with Crippen LogP contribution in [0.4, 0.5) is 0 Å². The Morgan fingerprint density at radius 1 is 1.28 bits per heavy atom. The van der Waals surface area contributed by atoms with Gasteiger partial charge in [0.1, 0.15) is 0 Å². The van der Waals surface area contributed by atoms with Crippen molar-refractivity contribution in [3.63, 3.8) is 0 Å². The Bertz CT molecular complexity index is 765. The van der Waals surface area contributed by atoms with E-state index >= 15 is 0 Å². The van der Waals surface area contributed by atoms with Crippen molar-refractivity contribution in [2.24, 2.45) is 0 Å². The zero-order valence-corrected chi connectivity index (χ0v) is 14.9. The van der Waals surface area contributed by atoms with Crippen molar-refractivity contribution in [1.82, 2.24) is 20.4 Å². The molecule has 1 aromatic heterocycles. The number of hydrogen-bond donors (Lipinski definition) is 2. The van der Waals surface area contributed by atoms with Crippen molar-refractivity contribution in [2.45, 2.75) is 25.2 Å². The van der Waals surface area contributed by atoms with Gasteiger partial charge in [0, 0.05) is 19.0 Å². The first-order chi connectivity index (χ1) is 11.8. The summed E-state index contributed by atoms with van der Waals surface area (Å²) in [5.74, 6) is 0.435. The fraction of sp³-hybridized carbons (Fsp3) is 0.368. The number of carbonyl (C=O) groups is 1. The van der Waals surface area contributed by atoms with Crippen LogP contribution < -0.4 is 10.6 Å². The number of aromatic nitrogens is 2. The van der Waals surface area contributed by atoms with E-state index in [-0.39, 0.29) is 18.3 Å². The first-order valence-corrected chi connectivity index (χ1v) is 8.63. The minimum atomic E-state index is -0.0153. The van der Waals surface area contributed by atoms with Gasteiger partial charge in [-0.2, -0.15) is 5.10 Å². The highest BCUT2D eigenvalue weighted by Crippen LogP contribution is 2.42. The highest BCUT2D eigenvalue weighted by molar-refractivity contribution is 5.95. The summed E-state index contributed by atoms with van der Waals surface area (Å²) >= 11 is 0. The number of carbonyl (C=O) groups excluding carboxylic acids is 1. The summed E-state index contributed by atoms with van der Waals surface area (Å²) in [6.45, 7) is 2.51. The number of nitrogens with zero attached hydrogens (tertiary/aromatic N) is 2. The molecule has 1 saturated carbocycles. The van der Waals surface area contributed by atoms with Crippen LogP contribution in [-0.4, -0.2) is 35.3 Å². The van der Waals surface area contributed by atoms with Gasteiger partial charge in [-0.1, -0.05) is 29.8 Å². The second kappa shape index (κ2) is 7.85. The molecule has 2 aromatic rings. The first-order valence-electron chi connectivity index (χ1n) is 8.63. The molecule has 6 heteroatoms. The second-order valence-corrected chi connectivity index (χ2v) is 6.46. The zero-order valence-electron chi connectivity index (χ0n) is 14.1. The fourth-order valence-electron chi connectivity index (χ4n) is 3.18. The van der Waals surface area contributed by atoms with Crippen LogP contribution in [-0.2, 0) is 0 Å². The van der Waals surface area contributed by atoms with Gasteiger partial charge in [-0.3, -0.25) is 4.79 Å². The second-order valence-electron chi connectivity index (χ2n) is 6.46. The summed E-state index contributed by atoms with van der Waals surface area (Å²) < 4.78 is 1.93. The van der Waals surface area contributed by atoms with Crippen molar-refractivity contribution in [1.29, 1.82) is 0 Å². The van der Waals surface area contributed by atoms with E-state index < -0.39 is 0 Å². The quantitative estimate of drug-likeness (QED) is 0.808. The van der Waals surface area contributed by atoms with Gasteiger partial charge in [0.15, 0.2) is 0 Å². The van der Waals surface area contributed by atoms with Gasteiger partial charge in [0.25, 0.3) is 5.91 Å². The maximum absolute atomic E-state index is 12.7. The molecule has 5 nitrogen and oxygen atoms in total. The van der Waals surface area contributed by atoms with Crippen molar-refractivity contribution in [2.75, 3.05) is 19.6 Å². The Labute approximate surface area is 153 Å². The SMILES string of the molecule is Cl.O=C(NCC1=CCNCC1)c1cnn(-c2ccccc2)c1C1CC1. The van der Waals surface area contributed by atoms with E-state index in [0.29, 0.717) is 12.5 Å². The summed E-state index contributed by atoms with van der Waals surface area (Å²) in [4.78, 5) is 12.7. The van der Waals surface area contributed by atoms with Crippen LogP contribution in [0.25, 0.3) is 5.69 Å². The van der Waals surface area contributed by atoms with Crippen LogP contribution in [0.2, 0.25) is 0 Å². The van der Waals surface area contributed by atoms with Gasteiger partial charge in [-0.25, -0.2) is 4.68 Å². The highest BCUT2D eigenvalue weighted by Gasteiger charge is 2.32. The number of rotatable bonds is 5. The number of halogens is 1. The van der Waals surface area contributed by atoms with Crippen molar-refractivity contribution < 1.29 is 4.79 Å². The largest absolute Gasteiger partial charge is 0.348 e. The summed E-state index contributed by atoms with van der Waals surface area (Å²) in [5, 5.41) is 10.8. The third kappa shape index (κ3) is 3.94. The molecule has 2 N–H and O–H groups in total. The minimum Gasteiger partial charge on any atom is -0.348 e. The van der Waals surface area contributed by atoms with Crippen molar-refractivity contribution >= 4 is 18.3 Å². The Kier molecular flexibility index (Phi) is 5.56. The molecular formula is C19H23ClN4O. The van der Waals surface area contributed by atoms with Gasteiger partial charge >= 0.3 is 0 Å². The third-order valence-corrected chi connectivity index (χ3v) is 4.65. The molecule has 0 radical (unpaired) electrons. The molecule has 25 heavy (non-hydrogen) atoms. The zero-order chi connectivity index (χ0) is 16.4. The van der Waals surface area contributed by atoms with E-state index in [4.69, 9.17) is 0 Å². The number of nitrogens with one attached hydrogen (secondary N) is 2. The lowest BCUT2D eigenvalue weighted by Crippen LogP contribution is -2.30. The number of para-hydroxylation sites is 1. The van der Waals surface area contributed by atoms with E-state index in [0.717, 1.165) is 49.3 Å². The minimum absolute atomic E-state index is 0. The molecule has 1 amide bonds. The van der Waals surface area contributed by atoms with Crippen molar-refractivity contribution in [3.8, 4) is 5.69 Å². The molecular weight excluding hydrogens is 336 g/mol. The number of benzene rings is 1. The van der Waals surface area contributed by atoms with Crippen LogP contribution in [0.15, 0.2) is 48.2 Å². The van der Waals surface area contributed by atoms with Gasteiger partial charge in [0.05, 0.1) is 23.1 Å². The van der Waals surface area contributed by atoms with Gasteiger partial charge in [-0.15, -0.1) is 12.4 Å². The molecule has 0 bridgehead atoms. The van der Waals surface area contributed by atoms with Crippen LogP contribution in [0.3, 0.4) is 0 Å². The lowest BCUT2D eigenvalue weighted by Gasteiger charge is -2.15. The molecule has 1 aliphatic heterocycles. The Morgan fingerprint density at radius 2 is 2.08 bits per heavy atom. The smallest absolute Gasteiger partial charge is 0.255 e. The molecule has 2 heterocycles. The number of amides is 1. The fourth-order valence-corrected chi connectivity index (χ4v) is 3.18. The normalized spacial score (nSPS) is 16.7. The molecule has 0 saturated heterocycles.